The molecule has 0 radical (unpaired) electrons. The molecule has 0 heterocycles. The van der Waals surface area contributed by atoms with E-state index in [-0.39, 0.29) is 30.5 Å². The predicted octanol–water partition coefficient (Wildman–Crippen LogP) is 18.6. The summed E-state index contributed by atoms with van der Waals surface area (Å²) >= 11 is 0. The van der Waals surface area contributed by atoms with Crippen LogP contribution in [0.15, 0.2) is 119 Å². The number of ether oxygens (including phenoxy) is 2. The summed E-state index contributed by atoms with van der Waals surface area (Å²) in [6.07, 6.45) is 53.9. The highest BCUT2D eigenvalue weighted by atomic mass is 16.7. The molecule has 2 N–H and O–H groups in total. The standard InChI is InChI=1S/C68H108O7/c1-13-15-17-19-21-23-25-27-29-31-33-45-63(72)74-68(75-64(73)46-34-32-30-28-26-24-22-20-18-16-14-2)62(71)51-58(7)60(66(68,10)11)49-47-56(5)43-37-41-54(3)39-35-36-40-55(4)42-38-44-57(6)48-50-61(70)67(12)53-59(69)52-65(67,8)9/h35-44,47-50,59,62,69,71H,13-34,45-46,51-53H2,1-12H3/b36-35+,41-37+,42-38+,49-47+,50-48+,54-39+,55-40+,56-43+,57-44+/t59-,62+,67-/m0/s1. The Hall–Kier alpha value is -4.07. The Bertz CT molecular complexity index is 2000. The highest BCUT2D eigenvalue weighted by molar-refractivity contribution is 5.96. The van der Waals surface area contributed by atoms with Crippen LogP contribution in [0.1, 0.15) is 256 Å². The summed E-state index contributed by atoms with van der Waals surface area (Å²) in [6, 6.07) is 0. The fraction of sp³-hybridized carbons (Fsp3) is 0.662. The quantitative estimate of drug-likeness (QED) is 0.0210. The third-order valence-corrected chi connectivity index (χ3v) is 16.1. The second-order valence-electron chi connectivity index (χ2n) is 23.8. The second kappa shape index (κ2) is 36.1. The van der Waals surface area contributed by atoms with Gasteiger partial charge in [-0.1, -0.05) is 270 Å². The molecule has 7 nitrogen and oxygen atoms in total. The lowest BCUT2D eigenvalue weighted by Crippen LogP contribution is -2.62. The molecule has 2 aliphatic rings. The number of rotatable bonds is 37. The molecule has 0 saturated heterocycles. The van der Waals surface area contributed by atoms with Crippen molar-refractivity contribution in [3.63, 3.8) is 0 Å². The van der Waals surface area contributed by atoms with Gasteiger partial charge in [0.15, 0.2) is 5.78 Å². The molecular weight excluding hydrogens is 929 g/mol. The maximum absolute atomic E-state index is 13.7. The van der Waals surface area contributed by atoms with Gasteiger partial charge >= 0.3 is 11.9 Å². The van der Waals surface area contributed by atoms with Gasteiger partial charge in [0.25, 0.3) is 5.79 Å². The van der Waals surface area contributed by atoms with E-state index < -0.39 is 40.8 Å². The first kappa shape index (κ1) is 67.0. The molecule has 0 bridgehead atoms. The van der Waals surface area contributed by atoms with Crippen molar-refractivity contribution >= 4 is 17.7 Å². The van der Waals surface area contributed by atoms with Gasteiger partial charge < -0.3 is 19.7 Å². The molecule has 2 aliphatic carbocycles. The number of esters is 2. The molecular formula is C68H108O7. The smallest absolute Gasteiger partial charge is 0.309 e. The lowest BCUT2D eigenvalue weighted by molar-refractivity contribution is -0.299. The zero-order valence-corrected chi connectivity index (χ0v) is 49.8. The van der Waals surface area contributed by atoms with Gasteiger partial charge in [0.05, 0.1) is 11.5 Å². The number of aliphatic hydroxyl groups excluding tert-OH is 2. The second-order valence-corrected chi connectivity index (χ2v) is 23.8. The largest absolute Gasteiger partial charge is 0.419 e. The van der Waals surface area contributed by atoms with Crippen LogP contribution in [0.2, 0.25) is 0 Å². The molecule has 1 fully saturated rings. The first-order valence-corrected chi connectivity index (χ1v) is 29.8. The first-order valence-electron chi connectivity index (χ1n) is 29.8. The number of hydrogen-bond acceptors (Lipinski definition) is 7. The summed E-state index contributed by atoms with van der Waals surface area (Å²) in [7, 11) is 0. The average Bonchev–Trinajstić information content (AvgIpc) is 3.57. The molecule has 3 atom stereocenters. The van der Waals surface area contributed by atoms with Crippen molar-refractivity contribution in [3.8, 4) is 0 Å². The van der Waals surface area contributed by atoms with E-state index in [0.717, 1.165) is 59.1 Å². The Labute approximate surface area is 459 Å². The van der Waals surface area contributed by atoms with Crippen molar-refractivity contribution in [2.24, 2.45) is 16.2 Å². The van der Waals surface area contributed by atoms with Gasteiger partial charge in [-0.3, -0.25) is 14.4 Å². The van der Waals surface area contributed by atoms with Crippen molar-refractivity contribution in [2.75, 3.05) is 0 Å². The van der Waals surface area contributed by atoms with Crippen LogP contribution in [0.25, 0.3) is 0 Å². The Kier molecular flexibility index (Phi) is 32.3. The zero-order valence-electron chi connectivity index (χ0n) is 49.8. The monoisotopic (exact) mass is 1040 g/mol. The molecule has 0 aromatic heterocycles. The van der Waals surface area contributed by atoms with Crippen LogP contribution in [0.3, 0.4) is 0 Å². The summed E-state index contributed by atoms with van der Waals surface area (Å²) in [6.45, 7) is 24.6. The van der Waals surface area contributed by atoms with Crippen LogP contribution in [-0.2, 0) is 23.9 Å². The SMILES string of the molecule is CCCCCCCCCCCCCC(=O)OC1(OC(=O)CCCCCCCCCCCCC)[C@H](O)CC(C)=C(/C=C/C(C)=C/C=C/C(C)=C/C=C/C=C(C)/C=C/C=C(C)/C=C/C(=O)[C@]2(C)C[C@@H](O)CC2(C)C)C1(C)C. The third kappa shape index (κ3) is 24.4. The normalized spacial score (nSPS) is 21.5. The predicted molar refractivity (Wildman–Crippen MR) is 317 cm³/mol. The number of carbonyl (C=O) groups excluding carboxylic acids is 3. The maximum Gasteiger partial charge on any atom is 0.309 e. The Morgan fingerprint density at radius 3 is 1.28 bits per heavy atom. The molecule has 0 unspecified atom stereocenters. The number of carbonyl (C=O) groups is 3. The Morgan fingerprint density at radius 1 is 0.507 bits per heavy atom. The minimum Gasteiger partial charge on any atom is -0.419 e. The van der Waals surface area contributed by atoms with E-state index in [2.05, 4.69) is 46.8 Å². The van der Waals surface area contributed by atoms with Crippen LogP contribution in [0, 0.1) is 16.2 Å². The third-order valence-electron chi connectivity index (χ3n) is 16.1. The van der Waals surface area contributed by atoms with E-state index in [4.69, 9.17) is 9.47 Å². The molecule has 0 spiro atoms. The van der Waals surface area contributed by atoms with Gasteiger partial charge in [0.1, 0.15) is 6.10 Å². The average molecular weight is 1040 g/mol. The molecule has 0 aliphatic heterocycles. The fourth-order valence-electron chi connectivity index (χ4n) is 10.8. The summed E-state index contributed by atoms with van der Waals surface area (Å²) in [4.78, 5) is 40.6. The first-order chi connectivity index (χ1) is 35.6. The van der Waals surface area contributed by atoms with Crippen LogP contribution in [0.4, 0.5) is 0 Å². The van der Waals surface area contributed by atoms with Crippen molar-refractivity contribution in [2.45, 2.75) is 274 Å². The van der Waals surface area contributed by atoms with Gasteiger partial charge in [-0.25, -0.2) is 0 Å². The van der Waals surface area contributed by atoms with E-state index in [1.807, 2.05) is 115 Å². The highest BCUT2D eigenvalue weighted by Gasteiger charge is 2.61. The molecule has 0 amide bonds. The van der Waals surface area contributed by atoms with Crippen LogP contribution in [0.5, 0.6) is 0 Å². The Balaban J connectivity index is 2.10. The molecule has 0 aromatic carbocycles. The van der Waals surface area contributed by atoms with Crippen LogP contribution in [-0.4, -0.2) is 45.9 Å². The van der Waals surface area contributed by atoms with E-state index >= 15 is 0 Å². The summed E-state index contributed by atoms with van der Waals surface area (Å²) in [5.41, 5.74) is 4.15. The summed E-state index contributed by atoms with van der Waals surface area (Å²) in [5, 5.41) is 22.1. The van der Waals surface area contributed by atoms with Gasteiger partial charge in [0, 0.05) is 24.7 Å². The zero-order chi connectivity index (χ0) is 55.8. The highest BCUT2D eigenvalue weighted by Crippen LogP contribution is 2.54. The lowest BCUT2D eigenvalue weighted by Gasteiger charge is -2.51. The molecule has 422 valence electrons. The molecule has 1 saturated carbocycles. The number of hydrogen-bond donors (Lipinski definition) is 2. The lowest BCUT2D eigenvalue weighted by atomic mass is 9.66. The van der Waals surface area contributed by atoms with Gasteiger partial charge in [0.2, 0.25) is 0 Å². The van der Waals surface area contributed by atoms with Crippen molar-refractivity contribution in [3.05, 3.63) is 119 Å². The van der Waals surface area contributed by atoms with Gasteiger partial charge in [-0.05, 0) is 91.2 Å². The van der Waals surface area contributed by atoms with E-state index in [1.54, 1.807) is 6.08 Å². The number of ketones is 1. The van der Waals surface area contributed by atoms with Crippen molar-refractivity contribution < 1.29 is 34.1 Å². The summed E-state index contributed by atoms with van der Waals surface area (Å²) in [5.74, 6) is -2.67. The number of unbranched alkanes of at least 4 members (excludes halogenated alkanes) is 20. The summed E-state index contributed by atoms with van der Waals surface area (Å²) < 4.78 is 12.6. The maximum atomic E-state index is 13.7. The number of aliphatic hydroxyl groups is 2. The molecule has 75 heavy (non-hydrogen) atoms. The Morgan fingerprint density at radius 2 is 0.880 bits per heavy atom. The van der Waals surface area contributed by atoms with E-state index in [0.29, 0.717) is 25.7 Å². The minimum absolute atomic E-state index is 0.0658. The van der Waals surface area contributed by atoms with Crippen LogP contribution >= 0.6 is 0 Å². The number of allylic oxidation sites excluding steroid dienone is 18. The van der Waals surface area contributed by atoms with E-state index in [1.165, 1.54) is 103 Å². The van der Waals surface area contributed by atoms with Crippen molar-refractivity contribution in [1.82, 2.24) is 0 Å². The van der Waals surface area contributed by atoms with Gasteiger partial charge in [-0.15, -0.1) is 0 Å². The van der Waals surface area contributed by atoms with Gasteiger partial charge in [-0.2, -0.15) is 0 Å². The molecule has 0 aromatic rings. The minimum atomic E-state index is -1.86. The molecule has 2 rings (SSSR count). The fourth-order valence-corrected chi connectivity index (χ4v) is 10.8. The van der Waals surface area contributed by atoms with Crippen LogP contribution < -0.4 is 0 Å². The van der Waals surface area contributed by atoms with E-state index in [9.17, 15) is 24.6 Å². The molecule has 7 heteroatoms. The van der Waals surface area contributed by atoms with Crippen molar-refractivity contribution in [1.29, 1.82) is 0 Å². The topological polar surface area (TPSA) is 110 Å².